The van der Waals surface area contributed by atoms with Crippen molar-refractivity contribution in [1.82, 2.24) is 0 Å². The molecule has 35 heavy (non-hydrogen) atoms. The van der Waals surface area contributed by atoms with Gasteiger partial charge in [0.15, 0.2) is 11.5 Å². The lowest BCUT2D eigenvalue weighted by molar-refractivity contribution is -0.307. The summed E-state index contributed by atoms with van der Waals surface area (Å²) in [5.41, 5.74) is 2.15. The van der Waals surface area contributed by atoms with Crippen molar-refractivity contribution in [2.75, 3.05) is 31.5 Å². The first-order valence-electron chi connectivity index (χ1n) is 10.6. The predicted octanol–water partition coefficient (Wildman–Crippen LogP) is 2.63. The maximum absolute atomic E-state index is 12.3. The number of carbonyl (C=O) groups is 2. The van der Waals surface area contributed by atoms with E-state index in [0.29, 0.717) is 17.0 Å². The number of ether oxygens (including phenoxy) is 3. The van der Waals surface area contributed by atoms with Crippen molar-refractivity contribution < 1.29 is 28.9 Å². The molecule has 0 aliphatic rings. The maximum atomic E-state index is 12.3. The molecule has 180 valence electrons. The number of aliphatic carboxylic acids is 1. The largest absolute Gasteiger partial charge is 0.548 e. The number of nitrogens with one attached hydrogen (secondary N) is 2. The van der Waals surface area contributed by atoms with Crippen molar-refractivity contribution in [3.8, 4) is 17.6 Å². The van der Waals surface area contributed by atoms with Crippen LogP contribution in [0.25, 0.3) is 0 Å². The summed E-state index contributed by atoms with van der Waals surface area (Å²) in [6.07, 6.45) is 0. The number of nitriles is 1. The van der Waals surface area contributed by atoms with E-state index in [9.17, 15) is 14.7 Å². The van der Waals surface area contributed by atoms with Crippen molar-refractivity contribution >= 4 is 23.3 Å². The van der Waals surface area contributed by atoms with E-state index < -0.39 is 17.9 Å². The van der Waals surface area contributed by atoms with Gasteiger partial charge in [0.05, 0.1) is 36.4 Å². The number of anilines is 2. The fraction of sp³-hybridized carbons (Fsp3) is 0.192. The minimum atomic E-state index is -1.43. The molecule has 0 aliphatic heterocycles. The van der Waals surface area contributed by atoms with Crippen LogP contribution in [0.2, 0.25) is 0 Å². The van der Waals surface area contributed by atoms with Gasteiger partial charge in [-0.05, 0) is 35.9 Å². The van der Waals surface area contributed by atoms with Crippen LogP contribution in [0, 0.1) is 11.3 Å². The monoisotopic (exact) mass is 474 g/mol. The molecule has 0 bridgehead atoms. The molecule has 0 aromatic heterocycles. The Hall–Kier alpha value is -4.55. The molecule has 0 saturated carbocycles. The highest BCUT2D eigenvalue weighted by atomic mass is 16.5. The van der Waals surface area contributed by atoms with Gasteiger partial charge in [-0.15, -0.1) is 0 Å². The fourth-order valence-electron chi connectivity index (χ4n) is 3.32. The third-order valence-corrected chi connectivity index (χ3v) is 4.99. The number of carboxylic acid groups (broad SMARTS) is 1. The van der Waals surface area contributed by atoms with Gasteiger partial charge in [0, 0.05) is 24.4 Å². The number of nitrogens with zero attached hydrogens (tertiary/aromatic N) is 1. The molecule has 0 saturated heterocycles. The van der Waals surface area contributed by atoms with Crippen LogP contribution in [0.1, 0.15) is 22.7 Å². The first-order chi connectivity index (χ1) is 16.9. The molecular weight excluding hydrogens is 450 g/mol. The molecule has 0 aliphatic carbocycles. The van der Waals surface area contributed by atoms with Crippen molar-refractivity contribution in [1.29, 1.82) is 5.26 Å². The second-order valence-electron chi connectivity index (χ2n) is 7.43. The van der Waals surface area contributed by atoms with Gasteiger partial charge in [-0.1, -0.05) is 30.3 Å². The van der Waals surface area contributed by atoms with Crippen molar-refractivity contribution in [2.45, 2.75) is 12.6 Å². The van der Waals surface area contributed by atoms with Gasteiger partial charge in [0.1, 0.15) is 13.2 Å². The Morgan fingerprint density at radius 2 is 1.74 bits per heavy atom. The van der Waals surface area contributed by atoms with Crippen LogP contribution in [-0.2, 0) is 20.9 Å². The summed E-state index contributed by atoms with van der Waals surface area (Å²) in [6, 6.07) is 19.3. The lowest BCUT2D eigenvalue weighted by Crippen LogP contribution is -2.35. The van der Waals surface area contributed by atoms with Crippen LogP contribution in [0.4, 0.5) is 11.4 Å². The standard InChI is InChI=1S/C26H25N3O6/c1-33-16-24(30)29-21-13-23(35-15-18-6-4-3-5-7-18)22(34-2)12-20(21)25(26(31)32)28-19-10-8-17(14-27)9-11-19/h3-13,25,28H,15-16H2,1-2H3,(H,29,30)(H,31,32)/p-1. The van der Waals surface area contributed by atoms with Gasteiger partial charge in [0.2, 0.25) is 5.91 Å². The number of benzene rings is 3. The number of amides is 1. The highest BCUT2D eigenvalue weighted by Crippen LogP contribution is 2.38. The highest BCUT2D eigenvalue weighted by Gasteiger charge is 2.22. The average Bonchev–Trinajstić information content (AvgIpc) is 2.87. The Labute approximate surface area is 202 Å². The van der Waals surface area contributed by atoms with Crippen molar-refractivity contribution in [3.05, 3.63) is 83.4 Å². The number of hydrogen-bond donors (Lipinski definition) is 2. The molecule has 2 N–H and O–H groups in total. The van der Waals surface area contributed by atoms with Crippen LogP contribution in [-0.4, -0.2) is 32.7 Å². The Morgan fingerprint density at radius 3 is 2.34 bits per heavy atom. The van der Waals surface area contributed by atoms with Gasteiger partial charge in [-0.25, -0.2) is 0 Å². The van der Waals surface area contributed by atoms with Crippen LogP contribution >= 0.6 is 0 Å². The number of rotatable bonds is 11. The zero-order valence-electron chi connectivity index (χ0n) is 19.2. The molecule has 0 radical (unpaired) electrons. The van der Waals surface area contributed by atoms with Crippen LogP contribution in [0.15, 0.2) is 66.7 Å². The van der Waals surface area contributed by atoms with Gasteiger partial charge < -0.3 is 34.7 Å². The summed E-state index contributed by atoms with van der Waals surface area (Å²) in [6.45, 7) is 0.000123. The van der Waals surface area contributed by atoms with E-state index in [2.05, 4.69) is 10.6 Å². The molecule has 0 fully saturated rings. The molecule has 9 heteroatoms. The number of methoxy groups -OCH3 is 2. The van der Waals surface area contributed by atoms with Gasteiger partial charge in [0.25, 0.3) is 0 Å². The summed E-state index contributed by atoms with van der Waals surface area (Å²) < 4.78 is 16.2. The summed E-state index contributed by atoms with van der Waals surface area (Å²) in [7, 11) is 2.80. The molecule has 0 heterocycles. The zero-order valence-corrected chi connectivity index (χ0v) is 19.2. The third kappa shape index (κ3) is 6.72. The fourth-order valence-corrected chi connectivity index (χ4v) is 3.32. The first kappa shape index (κ1) is 25.1. The Kier molecular flexibility index (Phi) is 8.65. The van der Waals surface area contributed by atoms with Gasteiger partial charge in [-0.3, -0.25) is 4.79 Å². The van der Waals surface area contributed by atoms with Crippen molar-refractivity contribution in [3.63, 3.8) is 0 Å². The first-order valence-corrected chi connectivity index (χ1v) is 10.6. The Morgan fingerprint density at radius 1 is 1.03 bits per heavy atom. The summed E-state index contributed by atoms with van der Waals surface area (Å²) in [4.78, 5) is 24.5. The minimum absolute atomic E-state index is 0.183. The molecule has 1 atom stereocenters. The predicted molar refractivity (Wildman–Crippen MR) is 127 cm³/mol. The van der Waals surface area contributed by atoms with Gasteiger partial charge >= 0.3 is 0 Å². The number of carbonyl (C=O) groups excluding carboxylic acids is 2. The smallest absolute Gasteiger partial charge is 0.250 e. The van der Waals surface area contributed by atoms with Gasteiger partial charge in [-0.2, -0.15) is 5.26 Å². The van der Waals surface area contributed by atoms with E-state index >= 15 is 0 Å². The lowest BCUT2D eigenvalue weighted by atomic mass is 10.0. The summed E-state index contributed by atoms with van der Waals surface area (Å²) in [5.74, 6) is -1.34. The highest BCUT2D eigenvalue weighted by molar-refractivity contribution is 5.94. The molecule has 3 aromatic carbocycles. The molecule has 3 aromatic rings. The Balaban J connectivity index is 2.00. The van der Waals surface area contributed by atoms with E-state index in [1.54, 1.807) is 24.3 Å². The van der Waals surface area contributed by atoms with Crippen LogP contribution < -0.4 is 25.2 Å². The topological polar surface area (TPSA) is 133 Å². The average molecular weight is 474 g/mol. The van der Waals surface area contributed by atoms with E-state index in [0.717, 1.165) is 5.56 Å². The molecular formula is C26H24N3O6-. The quantitative estimate of drug-likeness (QED) is 0.433. The SMILES string of the molecule is COCC(=O)Nc1cc(OCc2ccccc2)c(OC)cc1C(Nc1ccc(C#N)cc1)C(=O)[O-]. The zero-order chi connectivity index (χ0) is 25.2. The Bertz CT molecular complexity index is 1210. The van der Waals surface area contributed by atoms with Crippen LogP contribution in [0.3, 0.4) is 0 Å². The molecule has 9 nitrogen and oxygen atoms in total. The van der Waals surface area contributed by atoms with Crippen LogP contribution in [0.5, 0.6) is 11.5 Å². The summed E-state index contributed by atoms with van der Waals surface area (Å²) >= 11 is 0. The van der Waals surface area contributed by atoms with E-state index in [-0.39, 0.29) is 30.2 Å². The van der Waals surface area contributed by atoms with E-state index in [1.165, 1.54) is 26.4 Å². The normalized spacial score (nSPS) is 11.1. The van der Waals surface area contributed by atoms with E-state index in [4.69, 9.17) is 19.5 Å². The van der Waals surface area contributed by atoms with Crippen molar-refractivity contribution in [2.24, 2.45) is 0 Å². The molecule has 1 unspecified atom stereocenters. The lowest BCUT2D eigenvalue weighted by Gasteiger charge is -2.25. The number of hydrogen-bond acceptors (Lipinski definition) is 8. The molecule has 0 spiro atoms. The summed E-state index contributed by atoms with van der Waals surface area (Å²) in [5, 5.41) is 26.7. The maximum Gasteiger partial charge on any atom is 0.250 e. The number of carboxylic acids is 1. The third-order valence-electron chi connectivity index (χ3n) is 4.99. The second-order valence-corrected chi connectivity index (χ2v) is 7.43. The minimum Gasteiger partial charge on any atom is -0.548 e. The van der Waals surface area contributed by atoms with E-state index in [1.807, 2.05) is 36.4 Å². The molecule has 3 rings (SSSR count). The molecule has 1 amide bonds. The second kappa shape index (κ2) is 12.1.